The fourth-order valence-electron chi connectivity index (χ4n) is 1.42. The Kier molecular flexibility index (Phi) is 4.25. The molecule has 1 aliphatic rings. The summed E-state index contributed by atoms with van der Waals surface area (Å²) in [6.45, 7) is 5.85. The van der Waals surface area contributed by atoms with Crippen molar-refractivity contribution in [2.24, 2.45) is 5.92 Å². The standard InChI is InChI=1S/C9H15ClN2O/c1-7(10)5-12-9(13)4-8-2-3-11-6-8/h8,11H,1-6H2,(H,12,13). The first-order valence-electron chi connectivity index (χ1n) is 4.49. The van der Waals surface area contributed by atoms with E-state index >= 15 is 0 Å². The molecule has 0 bridgehead atoms. The lowest BCUT2D eigenvalue weighted by atomic mass is 10.0. The van der Waals surface area contributed by atoms with Gasteiger partial charge in [-0.2, -0.15) is 0 Å². The third-order valence-electron chi connectivity index (χ3n) is 2.11. The highest BCUT2D eigenvalue weighted by atomic mass is 35.5. The molecule has 3 nitrogen and oxygen atoms in total. The van der Waals surface area contributed by atoms with E-state index in [-0.39, 0.29) is 5.91 Å². The van der Waals surface area contributed by atoms with Gasteiger partial charge in [0.05, 0.1) is 6.54 Å². The number of hydrogen-bond donors (Lipinski definition) is 2. The Bertz CT molecular complexity index is 200. The Hall–Kier alpha value is -0.540. The van der Waals surface area contributed by atoms with Crippen LogP contribution in [0.25, 0.3) is 0 Å². The average molecular weight is 203 g/mol. The van der Waals surface area contributed by atoms with Gasteiger partial charge in [-0.05, 0) is 25.4 Å². The molecule has 1 heterocycles. The third-order valence-corrected chi connectivity index (χ3v) is 2.25. The van der Waals surface area contributed by atoms with Gasteiger partial charge < -0.3 is 10.6 Å². The molecule has 74 valence electrons. The van der Waals surface area contributed by atoms with Gasteiger partial charge in [-0.15, -0.1) is 0 Å². The summed E-state index contributed by atoms with van der Waals surface area (Å²) in [4.78, 5) is 11.3. The van der Waals surface area contributed by atoms with Crippen molar-refractivity contribution in [2.75, 3.05) is 19.6 Å². The molecule has 0 aromatic heterocycles. The molecule has 1 aliphatic heterocycles. The summed E-state index contributed by atoms with van der Waals surface area (Å²) in [7, 11) is 0. The van der Waals surface area contributed by atoms with E-state index in [1.165, 1.54) is 0 Å². The molecular formula is C9H15ClN2O. The van der Waals surface area contributed by atoms with E-state index in [0.717, 1.165) is 19.5 Å². The quantitative estimate of drug-likeness (QED) is 0.710. The van der Waals surface area contributed by atoms with Crippen molar-refractivity contribution in [3.05, 3.63) is 11.6 Å². The van der Waals surface area contributed by atoms with E-state index in [1.54, 1.807) is 0 Å². The van der Waals surface area contributed by atoms with Crippen LogP contribution in [0.5, 0.6) is 0 Å². The first-order chi connectivity index (χ1) is 6.18. The molecule has 0 aromatic carbocycles. The van der Waals surface area contributed by atoms with Crippen LogP contribution >= 0.6 is 11.6 Å². The van der Waals surface area contributed by atoms with Crippen molar-refractivity contribution in [3.63, 3.8) is 0 Å². The maximum atomic E-state index is 11.3. The molecule has 0 saturated carbocycles. The molecule has 1 rings (SSSR count). The van der Waals surface area contributed by atoms with Crippen LogP contribution in [0.3, 0.4) is 0 Å². The number of hydrogen-bond acceptors (Lipinski definition) is 2. The fraction of sp³-hybridized carbons (Fsp3) is 0.667. The Balaban J connectivity index is 2.13. The SMILES string of the molecule is C=C(Cl)CNC(=O)CC1CCNC1. The molecule has 0 aliphatic carbocycles. The lowest BCUT2D eigenvalue weighted by Gasteiger charge is -2.07. The molecule has 0 radical (unpaired) electrons. The highest BCUT2D eigenvalue weighted by molar-refractivity contribution is 6.29. The van der Waals surface area contributed by atoms with E-state index in [1.807, 2.05) is 0 Å². The molecule has 1 unspecified atom stereocenters. The maximum Gasteiger partial charge on any atom is 0.220 e. The largest absolute Gasteiger partial charge is 0.351 e. The summed E-state index contributed by atoms with van der Waals surface area (Å²) in [5.74, 6) is 0.555. The molecule has 13 heavy (non-hydrogen) atoms. The third kappa shape index (κ3) is 4.29. The van der Waals surface area contributed by atoms with Crippen LogP contribution in [0.4, 0.5) is 0 Å². The second kappa shape index (κ2) is 5.25. The minimum atomic E-state index is 0.0653. The Morgan fingerprint density at radius 3 is 3.00 bits per heavy atom. The minimum absolute atomic E-state index is 0.0653. The summed E-state index contributed by atoms with van der Waals surface area (Å²) in [5.41, 5.74) is 0. The molecular weight excluding hydrogens is 188 g/mol. The smallest absolute Gasteiger partial charge is 0.220 e. The zero-order valence-electron chi connectivity index (χ0n) is 7.61. The monoisotopic (exact) mass is 202 g/mol. The van der Waals surface area contributed by atoms with Crippen LogP contribution in [0.2, 0.25) is 0 Å². The van der Waals surface area contributed by atoms with Crippen molar-refractivity contribution in [1.82, 2.24) is 10.6 Å². The lowest BCUT2D eigenvalue weighted by molar-refractivity contribution is -0.121. The van der Waals surface area contributed by atoms with Gasteiger partial charge in [0, 0.05) is 11.5 Å². The van der Waals surface area contributed by atoms with E-state index < -0.39 is 0 Å². The van der Waals surface area contributed by atoms with Crippen LogP contribution in [0.15, 0.2) is 11.6 Å². The summed E-state index contributed by atoms with van der Waals surface area (Å²) in [5, 5.41) is 6.40. The minimum Gasteiger partial charge on any atom is -0.351 e. The highest BCUT2D eigenvalue weighted by Gasteiger charge is 2.17. The lowest BCUT2D eigenvalue weighted by Crippen LogP contribution is -2.27. The van der Waals surface area contributed by atoms with Gasteiger partial charge in [0.15, 0.2) is 0 Å². The number of halogens is 1. The summed E-state index contributed by atoms with van der Waals surface area (Å²) in [6.07, 6.45) is 1.69. The predicted octanol–water partition coefficient (Wildman–Crippen LogP) is 0.855. The van der Waals surface area contributed by atoms with E-state index in [4.69, 9.17) is 11.6 Å². The molecule has 1 amide bonds. The van der Waals surface area contributed by atoms with Crippen LogP contribution in [-0.2, 0) is 4.79 Å². The van der Waals surface area contributed by atoms with Gasteiger partial charge in [0.1, 0.15) is 0 Å². The molecule has 1 fully saturated rings. The van der Waals surface area contributed by atoms with Gasteiger partial charge in [-0.3, -0.25) is 4.79 Å². The first kappa shape index (κ1) is 10.5. The van der Waals surface area contributed by atoms with Gasteiger partial charge in [-0.25, -0.2) is 0 Å². The second-order valence-electron chi connectivity index (χ2n) is 3.36. The number of amides is 1. The Morgan fingerprint density at radius 2 is 2.46 bits per heavy atom. The number of carbonyl (C=O) groups is 1. The fourth-order valence-corrected chi connectivity index (χ4v) is 1.48. The van der Waals surface area contributed by atoms with Crippen molar-refractivity contribution in [3.8, 4) is 0 Å². The van der Waals surface area contributed by atoms with Crippen molar-refractivity contribution in [2.45, 2.75) is 12.8 Å². The van der Waals surface area contributed by atoms with Crippen LogP contribution in [0, 0.1) is 5.92 Å². The molecule has 2 N–H and O–H groups in total. The van der Waals surface area contributed by atoms with Gasteiger partial charge in [-0.1, -0.05) is 18.2 Å². The Morgan fingerprint density at radius 1 is 1.69 bits per heavy atom. The summed E-state index contributed by atoms with van der Waals surface area (Å²) < 4.78 is 0. The maximum absolute atomic E-state index is 11.3. The Labute approximate surface area is 83.5 Å². The molecule has 0 aromatic rings. The number of rotatable bonds is 4. The van der Waals surface area contributed by atoms with Crippen LogP contribution < -0.4 is 10.6 Å². The predicted molar refractivity (Wildman–Crippen MR) is 53.6 cm³/mol. The van der Waals surface area contributed by atoms with Crippen molar-refractivity contribution < 1.29 is 4.79 Å². The van der Waals surface area contributed by atoms with Crippen molar-refractivity contribution >= 4 is 17.5 Å². The molecule has 1 atom stereocenters. The van der Waals surface area contributed by atoms with Gasteiger partial charge >= 0.3 is 0 Å². The normalized spacial score (nSPS) is 21.5. The molecule has 0 spiro atoms. The van der Waals surface area contributed by atoms with Gasteiger partial charge in [0.25, 0.3) is 0 Å². The zero-order chi connectivity index (χ0) is 9.68. The first-order valence-corrected chi connectivity index (χ1v) is 4.87. The second-order valence-corrected chi connectivity index (χ2v) is 3.89. The number of nitrogens with one attached hydrogen (secondary N) is 2. The summed E-state index contributed by atoms with van der Waals surface area (Å²) in [6, 6.07) is 0. The zero-order valence-corrected chi connectivity index (χ0v) is 8.36. The molecule has 1 saturated heterocycles. The molecule has 4 heteroatoms. The highest BCUT2D eigenvalue weighted by Crippen LogP contribution is 2.11. The van der Waals surface area contributed by atoms with Crippen LogP contribution in [-0.4, -0.2) is 25.5 Å². The topological polar surface area (TPSA) is 41.1 Å². The number of carbonyl (C=O) groups excluding carboxylic acids is 1. The summed E-state index contributed by atoms with van der Waals surface area (Å²) >= 11 is 5.52. The van der Waals surface area contributed by atoms with Crippen molar-refractivity contribution in [1.29, 1.82) is 0 Å². The van der Waals surface area contributed by atoms with E-state index in [9.17, 15) is 4.79 Å². The van der Waals surface area contributed by atoms with Gasteiger partial charge in [0.2, 0.25) is 5.91 Å². The van der Waals surface area contributed by atoms with E-state index in [0.29, 0.717) is 23.9 Å². The average Bonchev–Trinajstić information content (AvgIpc) is 2.53. The van der Waals surface area contributed by atoms with E-state index in [2.05, 4.69) is 17.2 Å². The van der Waals surface area contributed by atoms with Crippen LogP contribution in [0.1, 0.15) is 12.8 Å².